The number of aryl methyl sites for hydroxylation is 1. The van der Waals surface area contributed by atoms with Gasteiger partial charge in [-0.1, -0.05) is 24.3 Å². The lowest BCUT2D eigenvalue weighted by molar-refractivity contribution is -0.144. The van der Waals surface area contributed by atoms with E-state index in [1.807, 2.05) is 12.1 Å². The molecule has 2 heterocycles. The van der Waals surface area contributed by atoms with E-state index in [-0.39, 0.29) is 11.9 Å². The highest BCUT2D eigenvalue weighted by atomic mass is 19.4. The van der Waals surface area contributed by atoms with Crippen LogP contribution in [0.25, 0.3) is 11.4 Å². The van der Waals surface area contributed by atoms with E-state index < -0.39 is 12.0 Å². The molecule has 1 atom stereocenters. The number of halogens is 3. The van der Waals surface area contributed by atoms with E-state index in [2.05, 4.69) is 21.9 Å². The van der Waals surface area contributed by atoms with Gasteiger partial charge in [-0.05, 0) is 12.5 Å². The predicted octanol–water partition coefficient (Wildman–Crippen LogP) is 2.89. The van der Waals surface area contributed by atoms with Crippen molar-refractivity contribution < 1.29 is 17.9 Å². The number of nitrogens with zero attached hydrogens (tertiary/aromatic N) is 4. The third-order valence-corrected chi connectivity index (χ3v) is 4.26. The Morgan fingerprint density at radius 3 is 2.29 bits per heavy atom. The van der Waals surface area contributed by atoms with Gasteiger partial charge in [0.1, 0.15) is 0 Å². The molecule has 1 aliphatic heterocycles. The van der Waals surface area contributed by atoms with Crippen LogP contribution in [-0.4, -0.2) is 46.0 Å². The van der Waals surface area contributed by atoms with Gasteiger partial charge >= 0.3 is 6.18 Å². The average Bonchev–Trinajstić information content (AvgIpc) is 2.97. The minimum atomic E-state index is -4.54. The molecule has 8 heteroatoms. The molecule has 0 radical (unpaired) electrons. The SMILES string of the molecule is C[C@H](c1ccc(-c2nc(C(F)(F)F)nn2C)cc1)N1CCOCC1. The zero-order valence-electron chi connectivity index (χ0n) is 13.5. The van der Waals surface area contributed by atoms with Crippen LogP contribution in [0.3, 0.4) is 0 Å². The summed E-state index contributed by atoms with van der Waals surface area (Å²) < 4.78 is 44.7. The molecule has 1 aromatic carbocycles. The van der Waals surface area contributed by atoms with Crippen LogP contribution in [0, 0.1) is 0 Å². The third-order valence-electron chi connectivity index (χ3n) is 4.26. The van der Waals surface area contributed by atoms with Gasteiger partial charge in [-0.25, -0.2) is 9.67 Å². The fourth-order valence-corrected chi connectivity index (χ4v) is 2.84. The number of rotatable bonds is 3. The van der Waals surface area contributed by atoms with Crippen molar-refractivity contribution in [3.63, 3.8) is 0 Å². The third kappa shape index (κ3) is 3.44. The van der Waals surface area contributed by atoms with Crippen LogP contribution in [-0.2, 0) is 18.0 Å². The summed E-state index contributed by atoms with van der Waals surface area (Å²) >= 11 is 0. The summed E-state index contributed by atoms with van der Waals surface area (Å²) in [5, 5.41) is 3.45. The second kappa shape index (κ2) is 6.52. The summed E-state index contributed by atoms with van der Waals surface area (Å²) in [6.07, 6.45) is -4.54. The molecule has 1 aliphatic rings. The molecule has 5 nitrogen and oxygen atoms in total. The van der Waals surface area contributed by atoms with Crippen LogP contribution in [0.2, 0.25) is 0 Å². The van der Waals surface area contributed by atoms with Gasteiger partial charge in [0, 0.05) is 31.7 Å². The zero-order valence-corrected chi connectivity index (χ0v) is 13.5. The molecular weight excluding hydrogens is 321 g/mol. The summed E-state index contributed by atoms with van der Waals surface area (Å²) in [6.45, 7) is 5.32. The standard InChI is InChI=1S/C16H19F3N4O/c1-11(23-7-9-24-10-8-23)12-3-5-13(6-4-12)14-20-15(16(17,18)19)21-22(14)2/h3-6,11H,7-10H2,1-2H3/t11-/m1/s1. The van der Waals surface area contributed by atoms with E-state index in [0.717, 1.165) is 36.5 Å². The predicted molar refractivity (Wildman–Crippen MR) is 82.2 cm³/mol. The van der Waals surface area contributed by atoms with E-state index in [9.17, 15) is 13.2 Å². The number of hydrogen-bond acceptors (Lipinski definition) is 4. The molecule has 24 heavy (non-hydrogen) atoms. The summed E-state index contributed by atoms with van der Waals surface area (Å²) in [5.74, 6) is -0.918. The highest BCUT2D eigenvalue weighted by molar-refractivity contribution is 5.56. The first kappa shape index (κ1) is 16.9. The fraction of sp³-hybridized carbons (Fsp3) is 0.500. The maximum absolute atomic E-state index is 12.7. The molecule has 1 fully saturated rings. The van der Waals surface area contributed by atoms with Gasteiger partial charge in [0.05, 0.1) is 13.2 Å². The number of ether oxygens (including phenoxy) is 1. The summed E-state index contributed by atoms with van der Waals surface area (Å²) in [5.41, 5.74) is 1.72. The Balaban J connectivity index is 1.80. The largest absolute Gasteiger partial charge is 0.453 e. The van der Waals surface area contributed by atoms with E-state index >= 15 is 0 Å². The second-order valence-corrected chi connectivity index (χ2v) is 5.83. The van der Waals surface area contributed by atoms with Crippen LogP contribution in [0.15, 0.2) is 24.3 Å². The first-order chi connectivity index (χ1) is 11.4. The molecule has 0 unspecified atom stereocenters. The summed E-state index contributed by atoms with van der Waals surface area (Å²) in [6, 6.07) is 7.66. The molecule has 2 aromatic rings. The molecule has 0 aliphatic carbocycles. The van der Waals surface area contributed by atoms with E-state index in [1.165, 1.54) is 7.05 Å². The monoisotopic (exact) mass is 340 g/mol. The Bertz CT molecular complexity index is 690. The van der Waals surface area contributed by atoms with Gasteiger partial charge in [-0.3, -0.25) is 4.90 Å². The van der Waals surface area contributed by atoms with Crippen LogP contribution in [0.5, 0.6) is 0 Å². The van der Waals surface area contributed by atoms with Crippen LogP contribution < -0.4 is 0 Å². The Labute approximate surface area is 138 Å². The second-order valence-electron chi connectivity index (χ2n) is 5.83. The molecule has 1 saturated heterocycles. The van der Waals surface area contributed by atoms with Crippen molar-refractivity contribution in [3.8, 4) is 11.4 Å². The molecule has 0 spiro atoms. The Morgan fingerprint density at radius 1 is 1.12 bits per heavy atom. The molecule has 130 valence electrons. The molecular formula is C16H19F3N4O. The Kier molecular flexibility index (Phi) is 4.60. The number of benzene rings is 1. The van der Waals surface area contributed by atoms with Gasteiger partial charge < -0.3 is 4.74 Å². The molecule has 0 bridgehead atoms. The zero-order chi connectivity index (χ0) is 17.3. The summed E-state index contributed by atoms with van der Waals surface area (Å²) in [4.78, 5) is 5.94. The lowest BCUT2D eigenvalue weighted by Gasteiger charge is -2.32. The van der Waals surface area contributed by atoms with Gasteiger partial charge in [0.15, 0.2) is 5.82 Å². The number of morpholine rings is 1. The normalized spacial score (nSPS) is 17.9. The Morgan fingerprint density at radius 2 is 1.75 bits per heavy atom. The maximum atomic E-state index is 12.7. The average molecular weight is 340 g/mol. The van der Waals surface area contributed by atoms with Crippen molar-refractivity contribution in [2.24, 2.45) is 7.05 Å². The lowest BCUT2D eigenvalue weighted by atomic mass is 10.0. The quantitative estimate of drug-likeness (QED) is 0.862. The van der Waals surface area contributed by atoms with Crippen molar-refractivity contribution in [2.75, 3.05) is 26.3 Å². The molecule has 3 rings (SSSR count). The van der Waals surface area contributed by atoms with Crippen molar-refractivity contribution in [1.29, 1.82) is 0 Å². The van der Waals surface area contributed by atoms with Crippen molar-refractivity contribution in [2.45, 2.75) is 19.1 Å². The van der Waals surface area contributed by atoms with Crippen molar-refractivity contribution >= 4 is 0 Å². The van der Waals surface area contributed by atoms with E-state index in [1.54, 1.807) is 12.1 Å². The number of hydrogen-bond donors (Lipinski definition) is 0. The first-order valence-electron chi connectivity index (χ1n) is 7.76. The van der Waals surface area contributed by atoms with Crippen LogP contribution >= 0.6 is 0 Å². The maximum Gasteiger partial charge on any atom is 0.453 e. The van der Waals surface area contributed by atoms with Crippen molar-refractivity contribution in [1.82, 2.24) is 19.7 Å². The van der Waals surface area contributed by atoms with Gasteiger partial charge in [-0.15, -0.1) is 5.10 Å². The highest BCUT2D eigenvalue weighted by Crippen LogP contribution is 2.29. The van der Waals surface area contributed by atoms with Crippen LogP contribution in [0.1, 0.15) is 24.4 Å². The van der Waals surface area contributed by atoms with E-state index in [4.69, 9.17) is 4.74 Å². The number of alkyl halides is 3. The van der Waals surface area contributed by atoms with Crippen molar-refractivity contribution in [3.05, 3.63) is 35.7 Å². The minimum absolute atomic E-state index is 0.202. The minimum Gasteiger partial charge on any atom is -0.379 e. The highest BCUT2D eigenvalue weighted by Gasteiger charge is 2.36. The topological polar surface area (TPSA) is 43.2 Å². The number of aromatic nitrogens is 3. The fourth-order valence-electron chi connectivity index (χ4n) is 2.84. The molecule has 1 aromatic heterocycles. The Hall–Kier alpha value is -1.93. The molecule has 0 N–H and O–H groups in total. The van der Waals surface area contributed by atoms with Crippen LogP contribution in [0.4, 0.5) is 13.2 Å². The first-order valence-corrected chi connectivity index (χ1v) is 7.76. The molecule has 0 amide bonds. The van der Waals surface area contributed by atoms with E-state index in [0.29, 0.717) is 5.56 Å². The molecule has 0 saturated carbocycles. The van der Waals surface area contributed by atoms with Gasteiger partial charge in [-0.2, -0.15) is 13.2 Å². The van der Waals surface area contributed by atoms with Gasteiger partial charge in [0.2, 0.25) is 0 Å². The van der Waals surface area contributed by atoms with Gasteiger partial charge in [0.25, 0.3) is 5.82 Å². The summed E-state index contributed by atoms with van der Waals surface area (Å²) in [7, 11) is 1.46. The smallest absolute Gasteiger partial charge is 0.379 e. The lowest BCUT2D eigenvalue weighted by Crippen LogP contribution is -2.37.